The lowest BCUT2D eigenvalue weighted by Gasteiger charge is -2.19. The molecule has 102 valence electrons. The highest BCUT2D eigenvalue weighted by atomic mass is 32.2. The highest BCUT2D eigenvalue weighted by Crippen LogP contribution is 2.20. The summed E-state index contributed by atoms with van der Waals surface area (Å²) in [6.07, 6.45) is 0.851. The van der Waals surface area contributed by atoms with Crippen LogP contribution in [0.5, 0.6) is 0 Å². The van der Waals surface area contributed by atoms with Gasteiger partial charge in [-0.3, -0.25) is 0 Å². The van der Waals surface area contributed by atoms with Gasteiger partial charge < -0.3 is 4.74 Å². The van der Waals surface area contributed by atoms with Gasteiger partial charge in [-0.1, -0.05) is 12.1 Å². The standard InChI is InChI=1S/C13H16N2O3S/c1-10(12-6-7-18-9-12)15-19(16,17)13-5-3-2-4-11(13)8-14/h2-5,10,12,15H,6-7,9H2,1H3. The largest absolute Gasteiger partial charge is 0.381 e. The van der Waals surface area contributed by atoms with E-state index < -0.39 is 10.0 Å². The summed E-state index contributed by atoms with van der Waals surface area (Å²) in [6, 6.07) is 7.89. The second-order valence-corrected chi connectivity index (χ2v) is 6.32. The number of nitrogens with one attached hydrogen (secondary N) is 1. The smallest absolute Gasteiger partial charge is 0.242 e. The molecule has 19 heavy (non-hydrogen) atoms. The fourth-order valence-electron chi connectivity index (χ4n) is 2.14. The van der Waals surface area contributed by atoms with Crippen molar-refractivity contribution in [2.24, 2.45) is 5.92 Å². The Hall–Kier alpha value is -1.42. The highest BCUT2D eigenvalue weighted by Gasteiger charge is 2.27. The van der Waals surface area contributed by atoms with Gasteiger partial charge in [-0.15, -0.1) is 0 Å². The van der Waals surface area contributed by atoms with Crippen molar-refractivity contribution in [3.05, 3.63) is 29.8 Å². The van der Waals surface area contributed by atoms with Gasteiger partial charge in [0.2, 0.25) is 10.0 Å². The monoisotopic (exact) mass is 280 g/mol. The lowest BCUT2D eigenvalue weighted by Crippen LogP contribution is -2.38. The molecule has 0 radical (unpaired) electrons. The third-order valence-corrected chi connectivity index (χ3v) is 4.93. The first-order valence-electron chi connectivity index (χ1n) is 6.14. The van der Waals surface area contributed by atoms with Crippen LogP contribution in [0, 0.1) is 17.2 Å². The Bertz CT molecular complexity index is 586. The SMILES string of the molecule is CC(NS(=O)(=O)c1ccccc1C#N)C1CCOC1. The average molecular weight is 280 g/mol. The molecule has 0 bridgehead atoms. The summed E-state index contributed by atoms with van der Waals surface area (Å²) in [7, 11) is -3.67. The molecule has 2 unspecified atom stereocenters. The minimum Gasteiger partial charge on any atom is -0.381 e. The molecule has 1 aliphatic rings. The summed E-state index contributed by atoms with van der Waals surface area (Å²) in [5.74, 6) is 0.184. The Labute approximate surface area is 113 Å². The lowest BCUT2D eigenvalue weighted by atomic mass is 10.0. The maximum absolute atomic E-state index is 12.3. The van der Waals surface area contributed by atoms with Crippen molar-refractivity contribution in [3.63, 3.8) is 0 Å². The third kappa shape index (κ3) is 3.13. The number of nitriles is 1. The van der Waals surface area contributed by atoms with Gasteiger partial charge in [-0.05, 0) is 25.5 Å². The molecule has 1 N–H and O–H groups in total. The Kier molecular flexibility index (Phi) is 4.20. The zero-order chi connectivity index (χ0) is 13.9. The zero-order valence-corrected chi connectivity index (χ0v) is 11.5. The van der Waals surface area contributed by atoms with Gasteiger partial charge in [0.15, 0.2) is 0 Å². The summed E-state index contributed by atoms with van der Waals surface area (Å²) in [5.41, 5.74) is 0.157. The molecule has 2 atom stereocenters. The van der Waals surface area contributed by atoms with E-state index in [9.17, 15) is 8.42 Å². The van der Waals surface area contributed by atoms with Crippen LogP contribution in [0.2, 0.25) is 0 Å². The summed E-state index contributed by atoms with van der Waals surface area (Å²) >= 11 is 0. The van der Waals surface area contributed by atoms with Gasteiger partial charge in [-0.25, -0.2) is 13.1 Å². The van der Waals surface area contributed by atoms with Gasteiger partial charge in [0.1, 0.15) is 6.07 Å². The summed E-state index contributed by atoms with van der Waals surface area (Å²) in [5, 5.41) is 8.97. The molecular weight excluding hydrogens is 264 g/mol. The molecule has 0 amide bonds. The Morgan fingerprint density at radius 2 is 2.21 bits per heavy atom. The third-order valence-electron chi connectivity index (χ3n) is 3.31. The maximum atomic E-state index is 12.3. The molecule has 0 aliphatic carbocycles. The molecule has 1 saturated heterocycles. The predicted molar refractivity (Wildman–Crippen MR) is 69.9 cm³/mol. The van der Waals surface area contributed by atoms with Gasteiger partial charge in [0.05, 0.1) is 17.1 Å². The first-order chi connectivity index (χ1) is 9.04. The van der Waals surface area contributed by atoms with E-state index in [0.717, 1.165) is 6.42 Å². The van der Waals surface area contributed by atoms with Crippen LogP contribution in [0.15, 0.2) is 29.2 Å². The van der Waals surface area contributed by atoms with Crippen molar-refractivity contribution >= 4 is 10.0 Å². The van der Waals surface area contributed by atoms with Crippen molar-refractivity contribution < 1.29 is 13.2 Å². The van der Waals surface area contributed by atoms with E-state index in [-0.39, 0.29) is 22.4 Å². The Balaban J connectivity index is 2.20. The first kappa shape index (κ1) is 14.0. The van der Waals surface area contributed by atoms with Crippen LogP contribution in [-0.4, -0.2) is 27.7 Å². The lowest BCUT2D eigenvalue weighted by molar-refractivity contribution is 0.180. The number of hydrogen-bond acceptors (Lipinski definition) is 4. The first-order valence-corrected chi connectivity index (χ1v) is 7.62. The van der Waals surface area contributed by atoms with Crippen LogP contribution in [0.4, 0.5) is 0 Å². The molecule has 1 heterocycles. The minimum atomic E-state index is -3.67. The van der Waals surface area contributed by atoms with E-state index >= 15 is 0 Å². The van der Waals surface area contributed by atoms with Gasteiger partial charge >= 0.3 is 0 Å². The molecule has 1 aromatic carbocycles. The highest BCUT2D eigenvalue weighted by molar-refractivity contribution is 7.89. The summed E-state index contributed by atoms with van der Waals surface area (Å²) < 4.78 is 32.4. The van der Waals surface area contributed by atoms with Crippen molar-refractivity contribution in [3.8, 4) is 6.07 Å². The van der Waals surface area contributed by atoms with E-state index in [0.29, 0.717) is 13.2 Å². The Morgan fingerprint density at radius 3 is 2.84 bits per heavy atom. The van der Waals surface area contributed by atoms with Crippen LogP contribution in [0.3, 0.4) is 0 Å². The van der Waals surface area contributed by atoms with Crippen molar-refractivity contribution in [1.29, 1.82) is 5.26 Å². The fraction of sp³-hybridized carbons (Fsp3) is 0.462. The second kappa shape index (κ2) is 5.70. The molecule has 0 aromatic heterocycles. The predicted octanol–water partition coefficient (Wildman–Crippen LogP) is 1.26. The number of benzene rings is 1. The van der Waals surface area contributed by atoms with E-state index in [1.54, 1.807) is 12.1 Å². The van der Waals surface area contributed by atoms with Gasteiger partial charge in [-0.2, -0.15) is 5.26 Å². The Morgan fingerprint density at radius 1 is 1.47 bits per heavy atom. The topological polar surface area (TPSA) is 79.2 Å². The number of hydrogen-bond donors (Lipinski definition) is 1. The van der Waals surface area contributed by atoms with Gasteiger partial charge in [0.25, 0.3) is 0 Å². The number of rotatable bonds is 4. The number of sulfonamides is 1. The van der Waals surface area contributed by atoms with Gasteiger partial charge in [0, 0.05) is 18.6 Å². The van der Waals surface area contributed by atoms with Crippen LogP contribution in [-0.2, 0) is 14.8 Å². The van der Waals surface area contributed by atoms with Crippen LogP contribution >= 0.6 is 0 Å². The van der Waals surface area contributed by atoms with E-state index in [1.807, 2.05) is 13.0 Å². The number of ether oxygens (including phenoxy) is 1. The van der Waals surface area contributed by atoms with Crippen LogP contribution < -0.4 is 4.72 Å². The molecule has 1 aliphatic heterocycles. The molecule has 1 fully saturated rings. The van der Waals surface area contributed by atoms with Crippen LogP contribution in [0.1, 0.15) is 18.9 Å². The molecule has 2 rings (SSSR count). The maximum Gasteiger partial charge on any atom is 0.242 e. The molecule has 6 heteroatoms. The molecular formula is C13H16N2O3S. The normalized spacial score (nSPS) is 20.9. The minimum absolute atomic E-state index is 0.0308. The molecule has 0 saturated carbocycles. The summed E-state index contributed by atoms with van der Waals surface area (Å²) in [6.45, 7) is 3.07. The van der Waals surface area contributed by atoms with E-state index in [1.165, 1.54) is 12.1 Å². The van der Waals surface area contributed by atoms with E-state index in [4.69, 9.17) is 10.00 Å². The quantitative estimate of drug-likeness (QED) is 0.900. The van der Waals surface area contributed by atoms with Crippen molar-refractivity contribution in [1.82, 2.24) is 4.72 Å². The van der Waals surface area contributed by atoms with E-state index in [2.05, 4.69) is 4.72 Å². The molecule has 0 spiro atoms. The molecule has 5 nitrogen and oxygen atoms in total. The average Bonchev–Trinajstić information content (AvgIpc) is 2.92. The second-order valence-electron chi connectivity index (χ2n) is 4.64. The molecule has 1 aromatic rings. The summed E-state index contributed by atoms with van der Waals surface area (Å²) in [4.78, 5) is 0.0308. The number of nitrogens with zero attached hydrogens (tertiary/aromatic N) is 1. The zero-order valence-electron chi connectivity index (χ0n) is 10.7. The fourth-order valence-corrected chi connectivity index (χ4v) is 3.61. The van der Waals surface area contributed by atoms with Crippen molar-refractivity contribution in [2.45, 2.75) is 24.3 Å². The van der Waals surface area contributed by atoms with Crippen LogP contribution in [0.25, 0.3) is 0 Å². The van der Waals surface area contributed by atoms with Crippen molar-refractivity contribution in [2.75, 3.05) is 13.2 Å².